The lowest BCUT2D eigenvalue weighted by Crippen LogP contribution is -2.45. The van der Waals surface area contributed by atoms with Crippen molar-refractivity contribution in [1.82, 2.24) is 16.2 Å². The van der Waals surface area contributed by atoms with Crippen LogP contribution in [0, 0.1) is 0 Å². The fourth-order valence-electron chi connectivity index (χ4n) is 1.58. The van der Waals surface area contributed by atoms with Crippen molar-refractivity contribution < 1.29 is 23.9 Å². The van der Waals surface area contributed by atoms with E-state index in [1.807, 2.05) is 30.3 Å². The molecule has 3 N–H and O–H groups in total. The molecule has 0 radical (unpaired) electrons. The van der Waals surface area contributed by atoms with Gasteiger partial charge >= 0.3 is 12.1 Å². The topological polar surface area (TPSA) is 106 Å². The van der Waals surface area contributed by atoms with Gasteiger partial charge in [0, 0.05) is 6.54 Å². The number of amides is 2. The Morgan fingerprint density at radius 3 is 2.58 bits per heavy atom. The van der Waals surface area contributed by atoms with E-state index in [1.54, 1.807) is 0 Å². The molecule has 0 aliphatic rings. The maximum absolute atomic E-state index is 11.7. The second-order valence-electron chi connectivity index (χ2n) is 4.71. The molecule has 0 spiro atoms. The van der Waals surface area contributed by atoms with Gasteiger partial charge in [0.2, 0.25) is 5.91 Å². The number of esters is 1. The molecule has 1 atom stereocenters. The Morgan fingerprint density at radius 1 is 1.21 bits per heavy atom. The molecule has 0 saturated heterocycles. The van der Waals surface area contributed by atoms with Crippen LogP contribution in [0.5, 0.6) is 0 Å². The minimum Gasteiger partial charge on any atom is -0.468 e. The maximum Gasteiger partial charge on any atom is 0.407 e. The average molecular weight is 355 g/mol. The van der Waals surface area contributed by atoms with Crippen LogP contribution < -0.4 is 16.2 Å². The lowest BCUT2D eigenvalue weighted by molar-refractivity contribution is -0.139. The van der Waals surface area contributed by atoms with E-state index >= 15 is 0 Å². The molecule has 0 saturated carbocycles. The Morgan fingerprint density at radius 2 is 1.92 bits per heavy atom. The van der Waals surface area contributed by atoms with Gasteiger partial charge in [-0.3, -0.25) is 15.0 Å². The molecular formula is C15H21N3O5S. The minimum absolute atomic E-state index is 0.146. The predicted octanol–water partition coefficient (Wildman–Crippen LogP) is 0.395. The number of carbonyl (C=O) groups is 3. The zero-order valence-electron chi connectivity index (χ0n) is 13.3. The van der Waals surface area contributed by atoms with E-state index in [0.717, 1.165) is 5.56 Å². The highest BCUT2D eigenvalue weighted by atomic mass is 32.1. The molecular weight excluding hydrogens is 334 g/mol. The van der Waals surface area contributed by atoms with E-state index in [9.17, 15) is 14.4 Å². The molecule has 8 nitrogen and oxygen atoms in total. The summed E-state index contributed by atoms with van der Waals surface area (Å²) in [6.07, 6.45) is -0.265. The number of hydrogen-bond donors (Lipinski definition) is 4. The number of benzene rings is 1. The van der Waals surface area contributed by atoms with Gasteiger partial charge in [-0.15, -0.1) is 0 Å². The average Bonchev–Trinajstić information content (AvgIpc) is 2.60. The van der Waals surface area contributed by atoms with E-state index in [4.69, 9.17) is 4.74 Å². The van der Waals surface area contributed by atoms with Gasteiger partial charge in [0.1, 0.15) is 13.2 Å². The second-order valence-corrected chi connectivity index (χ2v) is 5.34. The zero-order chi connectivity index (χ0) is 17.8. The van der Waals surface area contributed by atoms with Crippen LogP contribution in [-0.4, -0.2) is 43.4 Å². The van der Waals surface area contributed by atoms with Crippen LogP contribution >= 0.6 is 12.6 Å². The molecule has 24 heavy (non-hydrogen) atoms. The zero-order valence-corrected chi connectivity index (χ0v) is 14.2. The minimum atomic E-state index is -0.649. The fraction of sp³-hybridized carbons (Fsp3) is 0.400. The number of ether oxygens (including phenoxy) is 2. The van der Waals surface area contributed by atoms with Crippen molar-refractivity contribution in [2.75, 3.05) is 20.2 Å². The summed E-state index contributed by atoms with van der Waals surface area (Å²) in [7, 11) is 1.25. The third kappa shape index (κ3) is 8.39. The Labute approximate surface area is 145 Å². The Bertz CT molecular complexity index is 541. The van der Waals surface area contributed by atoms with E-state index in [2.05, 4.69) is 33.5 Å². The van der Waals surface area contributed by atoms with Gasteiger partial charge in [0.15, 0.2) is 0 Å². The first-order valence-electron chi connectivity index (χ1n) is 7.25. The number of alkyl carbamates (subject to hydrolysis) is 1. The number of nitrogens with one attached hydrogen (secondary N) is 3. The fourth-order valence-corrected chi connectivity index (χ4v) is 1.77. The summed E-state index contributed by atoms with van der Waals surface area (Å²) in [6.45, 7) is 0.258. The highest BCUT2D eigenvalue weighted by molar-refractivity contribution is 7.81. The van der Waals surface area contributed by atoms with Crippen molar-refractivity contribution in [2.45, 2.75) is 18.3 Å². The molecule has 2 amide bonds. The van der Waals surface area contributed by atoms with Crippen LogP contribution in [-0.2, 0) is 25.7 Å². The van der Waals surface area contributed by atoms with Crippen LogP contribution in [0.2, 0.25) is 0 Å². The largest absolute Gasteiger partial charge is 0.468 e. The maximum atomic E-state index is 11.7. The van der Waals surface area contributed by atoms with Gasteiger partial charge in [-0.05, 0) is 12.0 Å². The monoisotopic (exact) mass is 355 g/mol. The standard InChI is InChI=1S/C15H21N3O5S/c1-22-13(19)9-17-18-14(20)12(24)7-8-16-15(21)23-10-11-5-3-2-4-6-11/h2-6,12,17,24H,7-10H2,1H3,(H,16,21)(H,18,20). The van der Waals surface area contributed by atoms with E-state index in [0.29, 0.717) is 6.42 Å². The summed E-state index contributed by atoms with van der Waals surface area (Å²) in [5, 5.41) is 1.89. The molecule has 9 heteroatoms. The van der Waals surface area contributed by atoms with E-state index < -0.39 is 23.2 Å². The molecule has 1 aromatic rings. The van der Waals surface area contributed by atoms with Gasteiger partial charge in [-0.1, -0.05) is 30.3 Å². The van der Waals surface area contributed by atoms with Gasteiger partial charge in [-0.2, -0.15) is 12.6 Å². The molecule has 0 aliphatic heterocycles. The normalized spacial score (nSPS) is 11.2. The number of thiol groups is 1. The highest BCUT2D eigenvalue weighted by Crippen LogP contribution is 2.02. The van der Waals surface area contributed by atoms with Crippen LogP contribution in [0.25, 0.3) is 0 Å². The molecule has 0 aromatic heterocycles. The van der Waals surface area contributed by atoms with Gasteiger partial charge < -0.3 is 14.8 Å². The van der Waals surface area contributed by atoms with Crippen LogP contribution in [0.3, 0.4) is 0 Å². The summed E-state index contributed by atoms with van der Waals surface area (Å²) in [4.78, 5) is 34.0. The van der Waals surface area contributed by atoms with Crippen LogP contribution in [0.1, 0.15) is 12.0 Å². The first-order chi connectivity index (χ1) is 11.5. The van der Waals surface area contributed by atoms with E-state index in [1.165, 1.54) is 7.11 Å². The third-order valence-corrected chi connectivity index (χ3v) is 3.37. The SMILES string of the molecule is COC(=O)CNNC(=O)C(S)CCNC(=O)OCc1ccccc1. The summed E-state index contributed by atoms with van der Waals surface area (Å²) >= 11 is 4.12. The summed E-state index contributed by atoms with van der Waals surface area (Å²) in [6, 6.07) is 9.29. The van der Waals surface area contributed by atoms with Crippen molar-refractivity contribution in [3.8, 4) is 0 Å². The summed E-state index contributed by atoms with van der Waals surface area (Å²) < 4.78 is 9.44. The highest BCUT2D eigenvalue weighted by Gasteiger charge is 2.14. The smallest absolute Gasteiger partial charge is 0.407 e. The summed E-state index contributed by atoms with van der Waals surface area (Å²) in [5.74, 6) is -0.921. The van der Waals surface area contributed by atoms with Crippen LogP contribution in [0.4, 0.5) is 4.79 Å². The van der Waals surface area contributed by atoms with Crippen molar-refractivity contribution in [3.63, 3.8) is 0 Å². The Hall–Kier alpha value is -2.26. The molecule has 1 unspecified atom stereocenters. The molecule has 1 rings (SSSR count). The quantitative estimate of drug-likeness (QED) is 0.290. The lowest BCUT2D eigenvalue weighted by Gasteiger charge is -2.12. The number of hydrazine groups is 1. The number of methoxy groups -OCH3 is 1. The van der Waals surface area contributed by atoms with Crippen molar-refractivity contribution in [1.29, 1.82) is 0 Å². The van der Waals surface area contributed by atoms with Gasteiger partial charge in [-0.25, -0.2) is 10.2 Å². The summed E-state index contributed by atoms with van der Waals surface area (Å²) in [5.41, 5.74) is 5.63. The lowest BCUT2D eigenvalue weighted by atomic mass is 10.2. The molecule has 0 aliphatic carbocycles. The second kappa shape index (κ2) is 11.3. The van der Waals surface area contributed by atoms with Gasteiger partial charge in [0.25, 0.3) is 0 Å². The molecule has 0 fully saturated rings. The van der Waals surface area contributed by atoms with E-state index in [-0.39, 0.29) is 19.7 Å². The predicted molar refractivity (Wildman–Crippen MR) is 90.2 cm³/mol. The Balaban J connectivity index is 2.13. The van der Waals surface area contributed by atoms with Crippen molar-refractivity contribution >= 4 is 30.6 Å². The van der Waals surface area contributed by atoms with Crippen molar-refractivity contribution in [3.05, 3.63) is 35.9 Å². The first kappa shape index (κ1) is 19.8. The number of rotatable bonds is 9. The third-order valence-electron chi connectivity index (χ3n) is 2.87. The molecule has 0 heterocycles. The molecule has 0 bridgehead atoms. The van der Waals surface area contributed by atoms with Crippen molar-refractivity contribution in [2.24, 2.45) is 0 Å². The first-order valence-corrected chi connectivity index (χ1v) is 7.76. The number of carbonyl (C=O) groups excluding carboxylic acids is 3. The van der Waals surface area contributed by atoms with Crippen LogP contribution in [0.15, 0.2) is 30.3 Å². The Kier molecular flexibility index (Phi) is 9.32. The molecule has 1 aromatic carbocycles. The number of hydrogen-bond acceptors (Lipinski definition) is 7. The van der Waals surface area contributed by atoms with Gasteiger partial charge in [0.05, 0.1) is 12.4 Å². The molecule has 132 valence electrons.